The molecule has 0 aromatic heterocycles. The number of quaternary nitrogens is 6. The van der Waals surface area contributed by atoms with Crippen molar-refractivity contribution in [2.24, 2.45) is 0 Å². The molecule has 216 valence electrons. The third-order valence-electron chi connectivity index (χ3n) is 14.2. The van der Waals surface area contributed by atoms with E-state index in [1.165, 1.54) is 164 Å². The summed E-state index contributed by atoms with van der Waals surface area (Å²) >= 11 is 0. The summed E-state index contributed by atoms with van der Waals surface area (Å²) in [7, 11) is 7.53. The van der Waals surface area contributed by atoms with E-state index in [4.69, 9.17) is 0 Å². The molecular weight excluding hydrogens is 480 g/mol. The summed E-state index contributed by atoms with van der Waals surface area (Å²) in [6.45, 7) is 36.5. The molecule has 0 atom stereocenters. The van der Waals surface area contributed by atoms with Crippen LogP contribution in [0.25, 0.3) is 0 Å². The molecule has 9 saturated heterocycles. The van der Waals surface area contributed by atoms with Crippen molar-refractivity contribution in [2.45, 2.75) is 40.4 Å². The van der Waals surface area contributed by atoms with E-state index in [9.17, 15) is 0 Å². The van der Waals surface area contributed by atoms with Crippen molar-refractivity contribution >= 4 is 0 Å². The van der Waals surface area contributed by atoms with Gasteiger partial charge in [0.05, 0.1) is 21.1 Å². The number of hydrogen-bond donors (Lipinski definition) is 0. The summed E-state index contributed by atoms with van der Waals surface area (Å²) in [5, 5.41) is 0. The first-order valence-electron chi connectivity index (χ1n) is 16.5. The third-order valence-corrected chi connectivity index (χ3v) is 14.2. The van der Waals surface area contributed by atoms with Crippen LogP contribution in [0.1, 0.15) is 33.4 Å². The Balaban J connectivity index is 1.27. The van der Waals surface area contributed by atoms with E-state index in [2.05, 4.69) is 41.9 Å². The zero-order chi connectivity index (χ0) is 27.3. The predicted octanol–water partition coefficient (Wildman–Crippen LogP) is 1.98. The van der Waals surface area contributed by atoms with Crippen LogP contribution >= 0.6 is 0 Å². The molecule has 0 amide bonds. The molecule has 39 heavy (non-hydrogen) atoms. The van der Waals surface area contributed by atoms with Gasteiger partial charge in [-0.25, -0.2) is 0 Å². The highest BCUT2D eigenvalue weighted by Crippen LogP contribution is 2.38. The van der Waals surface area contributed by atoms with E-state index in [0.717, 1.165) is 0 Å². The quantitative estimate of drug-likeness (QED) is 0.484. The minimum Gasteiger partial charge on any atom is -0.312 e. The van der Waals surface area contributed by atoms with Crippen LogP contribution in [0.2, 0.25) is 0 Å². The lowest BCUT2D eigenvalue weighted by molar-refractivity contribution is -1.08. The maximum atomic E-state index is 2.55. The van der Waals surface area contributed by atoms with Gasteiger partial charge in [-0.1, -0.05) is 0 Å². The molecular formula is C33H60N6+6. The maximum absolute atomic E-state index is 2.55. The lowest BCUT2D eigenvalue weighted by Crippen LogP contribution is -2.73. The minimum atomic E-state index is 1.29. The molecule has 1 aromatic carbocycles. The van der Waals surface area contributed by atoms with Crippen molar-refractivity contribution in [3.63, 3.8) is 0 Å². The summed E-state index contributed by atoms with van der Waals surface area (Å²) < 4.78 is 8.08. The van der Waals surface area contributed by atoms with Crippen molar-refractivity contribution in [1.29, 1.82) is 0 Å². The highest BCUT2D eigenvalue weighted by Gasteiger charge is 2.50. The van der Waals surface area contributed by atoms with Crippen LogP contribution in [0, 0.1) is 20.8 Å². The van der Waals surface area contributed by atoms with Crippen LogP contribution in [0.4, 0.5) is 0 Å². The van der Waals surface area contributed by atoms with Gasteiger partial charge in [0.1, 0.15) is 137 Å². The monoisotopic (exact) mass is 540 g/mol. The number of fused-ring (bicyclic) bond motifs is 9. The highest BCUT2D eigenvalue weighted by molar-refractivity contribution is 5.50. The fourth-order valence-electron chi connectivity index (χ4n) is 9.91. The Hall–Kier alpha value is -1.02. The zero-order valence-electron chi connectivity index (χ0n) is 26.5. The van der Waals surface area contributed by atoms with Gasteiger partial charge in [-0.05, 0) is 37.5 Å². The molecule has 0 unspecified atom stereocenters. The Bertz CT molecular complexity index is 932. The number of benzene rings is 1. The first-order valence-corrected chi connectivity index (χ1v) is 16.5. The second kappa shape index (κ2) is 8.75. The van der Waals surface area contributed by atoms with Crippen molar-refractivity contribution < 1.29 is 26.9 Å². The first kappa shape index (κ1) is 26.9. The molecule has 0 N–H and O–H groups in total. The van der Waals surface area contributed by atoms with Crippen molar-refractivity contribution in [1.82, 2.24) is 0 Å². The molecule has 0 spiro atoms. The average Bonchev–Trinajstić information content (AvgIpc) is 2.95. The molecule has 10 rings (SSSR count). The van der Waals surface area contributed by atoms with E-state index in [0.29, 0.717) is 0 Å². The van der Waals surface area contributed by atoms with Crippen LogP contribution in [0.3, 0.4) is 0 Å². The molecule has 6 heteroatoms. The molecule has 1 aromatic rings. The van der Waals surface area contributed by atoms with Crippen LogP contribution in [-0.4, -0.2) is 166 Å². The highest BCUT2D eigenvalue weighted by atomic mass is 15.5. The Morgan fingerprint density at radius 2 is 0.513 bits per heavy atom. The van der Waals surface area contributed by atoms with E-state index in [1.807, 2.05) is 0 Å². The van der Waals surface area contributed by atoms with Crippen LogP contribution in [0.15, 0.2) is 0 Å². The summed E-state index contributed by atoms with van der Waals surface area (Å²) in [5.74, 6) is 0. The molecule has 9 aliphatic heterocycles. The van der Waals surface area contributed by atoms with E-state index in [1.54, 1.807) is 33.4 Å². The number of piperazine rings is 9. The Morgan fingerprint density at radius 1 is 0.333 bits per heavy atom. The van der Waals surface area contributed by atoms with Gasteiger partial charge in [0, 0.05) is 16.7 Å². The zero-order valence-corrected chi connectivity index (χ0v) is 26.5. The lowest BCUT2D eigenvalue weighted by Gasteiger charge is -2.55. The van der Waals surface area contributed by atoms with Gasteiger partial charge in [0.2, 0.25) is 0 Å². The number of rotatable bonds is 6. The van der Waals surface area contributed by atoms with Crippen LogP contribution in [-0.2, 0) is 19.6 Å². The van der Waals surface area contributed by atoms with Gasteiger partial charge in [-0.3, -0.25) is 0 Å². The van der Waals surface area contributed by atoms with Crippen molar-refractivity contribution in [3.05, 3.63) is 33.4 Å². The molecule has 0 saturated carbocycles. The summed E-state index contributed by atoms with van der Waals surface area (Å²) in [6, 6.07) is 0. The standard InChI is InChI=1S/C33H60N6/c1-28-31(25-37-16-7-34(4,8-17-37)9-18-37)29(2)33(27-39-22-13-36(6,14-23-39)15-24-39)30(3)32(28)26-38-19-10-35(5,11-20-38)12-21-38/h7-27H2,1-6H3/q+6. The van der Waals surface area contributed by atoms with E-state index < -0.39 is 0 Å². The van der Waals surface area contributed by atoms with E-state index >= 15 is 0 Å². The smallest absolute Gasteiger partial charge is 0.129 e. The normalized spacial score (nSPS) is 44.8. The fourth-order valence-corrected chi connectivity index (χ4v) is 9.91. The van der Waals surface area contributed by atoms with Gasteiger partial charge in [-0.15, -0.1) is 0 Å². The lowest BCUT2D eigenvalue weighted by atomic mass is 9.85. The second-order valence-corrected chi connectivity index (χ2v) is 16.7. The molecule has 9 aliphatic rings. The largest absolute Gasteiger partial charge is 0.312 e. The molecule has 0 radical (unpaired) electrons. The molecule has 6 bridgehead atoms. The molecule has 9 heterocycles. The minimum absolute atomic E-state index is 1.29. The predicted molar refractivity (Wildman–Crippen MR) is 159 cm³/mol. The number of likely N-dealkylation sites (N-methyl/N-ethyl adjacent to an activating group) is 3. The molecule has 0 aliphatic carbocycles. The molecule has 6 nitrogen and oxygen atoms in total. The number of nitrogens with zero attached hydrogens (tertiary/aromatic N) is 6. The van der Waals surface area contributed by atoms with Gasteiger partial charge in [-0.2, -0.15) is 0 Å². The van der Waals surface area contributed by atoms with Crippen molar-refractivity contribution in [3.8, 4) is 0 Å². The second-order valence-electron chi connectivity index (χ2n) is 16.7. The first-order chi connectivity index (χ1) is 18.4. The number of hydrogen-bond acceptors (Lipinski definition) is 0. The Morgan fingerprint density at radius 3 is 0.692 bits per heavy atom. The van der Waals surface area contributed by atoms with E-state index in [-0.39, 0.29) is 0 Å². The van der Waals surface area contributed by atoms with Crippen LogP contribution in [0.5, 0.6) is 0 Å². The van der Waals surface area contributed by atoms with Gasteiger partial charge < -0.3 is 26.9 Å². The molecule has 9 fully saturated rings. The summed E-state index contributed by atoms with van der Waals surface area (Å²) in [4.78, 5) is 0. The topological polar surface area (TPSA) is 0 Å². The Kier molecular flexibility index (Phi) is 6.02. The summed E-state index contributed by atoms with van der Waals surface area (Å²) in [5.41, 5.74) is 10.4. The average molecular weight is 541 g/mol. The Labute approximate surface area is 239 Å². The SMILES string of the molecule is Cc1c(C[N+]23CC[N+](C)(CC2)CC3)c(C)c(C[N+]23CC[N+](C)(CC2)CC3)c(C)c1C[N+]12CC[N+](C)(CC1)CC2. The third kappa shape index (κ3) is 4.44. The maximum Gasteiger partial charge on any atom is 0.129 e. The van der Waals surface area contributed by atoms with Gasteiger partial charge >= 0.3 is 0 Å². The fraction of sp³-hybridized carbons (Fsp3) is 0.818. The van der Waals surface area contributed by atoms with Gasteiger partial charge in [0.15, 0.2) is 0 Å². The summed E-state index contributed by atoms with van der Waals surface area (Å²) in [6.07, 6.45) is 0. The van der Waals surface area contributed by atoms with Crippen LogP contribution < -0.4 is 0 Å². The van der Waals surface area contributed by atoms with Crippen molar-refractivity contribution in [2.75, 3.05) is 139 Å². The van der Waals surface area contributed by atoms with Gasteiger partial charge in [0.25, 0.3) is 0 Å².